The quantitative estimate of drug-likeness (QED) is 0.416. The van der Waals surface area contributed by atoms with Gasteiger partial charge in [-0.2, -0.15) is 0 Å². The number of hydrogen-bond donors (Lipinski definition) is 0. The third kappa shape index (κ3) is 2.99. The van der Waals surface area contributed by atoms with Gasteiger partial charge < -0.3 is 0 Å². The molecular weight excluding hydrogens is 366 g/mol. The van der Waals surface area contributed by atoms with Crippen molar-refractivity contribution in [2.45, 2.75) is 16.3 Å². The summed E-state index contributed by atoms with van der Waals surface area (Å²) in [5.41, 5.74) is 3.29. The van der Waals surface area contributed by atoms with E-state index in [9.17, 15) is 0 Å². The van der Waals surface area contributed by atoms with Crippen LogP contribution >= 0.6 is 46.0 Å². The average Bonchev–Trinajstić information content (AvgIpc) is 3.15. The van der Waals surface area contributed by atoms with Crippen LogP contribution in [0.5, 0.6) is 0 Å². The number of thiophene rings is 1. The monoisotopic (exact) mass is 375 g/mol. The summed E-state index contributed by atoms with van der Waals surface area (Å²) in [5.74, 6) is 0. The van der Waals surface area contributed by atoms with E-state index < -0.39 is 0 Å². The number of halogens is 1. The highest BCUT2D eigenvalue weighted by molar-refractivity contribution is 8.01. The first-order valence-corrected chi connectivity index (χ1v) is 9.74. The predicted molar refractivity (Wildman–Crippen MR) is 98.8 cm³/mol. The Hall–Kier alpha value is -1.47. The average molecular weight is 376 g/mol. The van der Waals surface area contributed by atoms with Crippen LogP contribution < -0.4 is 0 Å². The van der Waals surface area contributed by atoms with Crippen molar-refractivity contribution in [3.05, 3.63) is 52.1 Å². The van der Waals surface area contributed by atoms with Gasteiger partial charge in [0.25, 0.3) is 0 Å². The summed E-state index contributed by atoms with van der Waals surface area (Å²) in [7, 11) is 0. The van der Waals surface area contributed by atoms with Crippen LogP contribution in [0.2, 0.25) is 5.02 Å². The van der Waals surface area contributed by atoms with Gasteiger partial charge in [-0.3, -0.25) is 0 Å². The molecule has 0 aliphatic carbocycles. The highest BCUT2D eigenvalue weighted by atomic mass is 35.5. The third-order valence-corrected chi connectivity index (χ3v) is 6.47. The third-order valence-electron chi connectivity index (χ3n) is 3.27. The second-order valence-electron chi connectivity index (χ2n) is 4.87. The van der Waals surface area contributed by atoms with Crippen LogP contribution in [0, 0.1) is 6.92 Å². The van der Waals surface area contributed by atoms with Crippen LogP contribution in [-0.4, -0.2) is 15.0 Å². The Morgan fingerprint density at radius 3 is 2.61 bits per heavy atom. The molecule has 3 nitrogen and oxygen atoms in total. The number of aromatic nitrogens is 3. The Kier molecular flexibility index (Phi) is 4.07. The zero-order valence-electron chi connectivity index (χ0n) is 12.0. The van der Waals surface area contributed by atoms with Gasteiger partial charge >= 0.3 is 0 Å². The van der Waals surface area contributed by atoms with Gasteiger partial charge in [-0.15, -0.1) is 22.7 Å². The molecule has 1 aromatic carbocycles. The molecule has 0 saturated heterocycles. The van der Waals surface area contributed by atoms with Crippen molar-refractivity contribution in [2.75, 3.05) is 0 Å². The van der Waals surface area contributed by atoms with Crippen molar-refractivity contribution in [3.63, 3.8) is 0 Å². The lowest BCUT2D eigenvalue weighted by Crippen LogP contribution is -1.85. The summed E-state index contributed by atoms with van der Waals surface area (Å²) >= 11 is 10.9. The summed E-state index contributed by atoms with van der Waals surface area (Å²) in [6.45, 7) is 2.00. The fraction of sp³-hybridized carbons (Fsp3) is 0.0625. The Morgan fingerprint density at radius 1 is 1.04 bits per heavy atom. The van der Waals surface area contributed by atoms with E-state index in [1.54, 1.807) is 40.8 Å². The molecule has 23 heavy (non-hydrogen) atoms. The molecule has 0 aliphatic rings. The van der Waals surface area contributed by atoms with Crippen molar-refractivity contribution >= 4 is 56.3 Å². The maximum Gasteiger partial charge on any atom is 0.156 e. The molecule has 3 aromatic heterocycles. The number of rotatable bonds is 3. The molecule has 0 atom stereocenters. The van der Waals surface area contributed by atoms with Gasteiger partial charge in [0.2, 0.25) is 0 Å². The zero-order chi connectivity index (χ0) is 15.8. The Morgan fingerprint density at radius 2 is 1.87 bits per heavy atom. The molecule has 0 bridgehead atoms. The van der Waals surface area contributed by atoms with Crippen molar-refractivity contribution in [3.8, 4) is 11.1 Å². The lowest BCUT2D eigenvalue weighted by Gasteiger charge is -2.04. The van der Waals surface area contributed by atoms with E-state index >= 15 is 0 Å². The lowest BCUT2D eigenvalue weighted by atomic mass is 10.1. The number of aryl methyl sites for hydroxylation is 1. The van der Waals surface area contributed by atoms with Gasteiger partial charge in [0.15, 0.2) is 4.34 Å². The van der Waals surface area contributed by atoms with Crippen LogP contribution in [-0.2, 0) is 0 Å². The second-order valence-corrected chi connectivity index (χ2v) is 8.26. The smallest absolute Gasteiger partial charge is 0.156 e. The molecule has 0 radical (unpaired) electrons. The van der Waals surface area contributed by atoms with Crippen molar-refractivity contribution in [2.24, 2.45) is 0 Å². The standard InChI is InChI=1S/C16H10ClN3S3/c1-9-6-22-16(20-9)23-15-13-12(7-21-14(13)18-8-19-15)10-2-4-11(17)5-3-10/h2-8H,1H3. The maximum absolute atomic E-state index is 6.00. The first-order valence-electron chi connectivity index (χ1n) is 6.79. The molecule has 0 aliphatic heterocycles. The normalized spacial score (nSPS) is 11.2. The fourth-order valence-corrected chi connectivity index (χ4v) is 5.19. The number of nitrogens with zero attached hydrogens (tertiary/aromatic N) is 3. The van der Waals surface area contributed by atoms with E-state index in [1.807, 2.05) is 31.2 Å². The van der Waals surface area contributed by atoms with Crippen LogP contribution in [0.25, 0.3) is 21.3 Å². The summed E-state index contributed by atoms with van der Waals surface area (Å²) in [4.78, 5) is 14.4. The molecule has 114 valence electrons. The SMILES string of the molecule is Cc1csc(Sc2ncnc3scc(-c4ccc(Cl)cc4)c23)n1. The van der Waals surface area contributed by atoms with Crippen molar-refractivity contribution in [1.82, 2.24) is 15.0 Å². The molecule has 4 aromatic rings. The van der Waals surface area contributed by atoms with E-state index in [2.05, 4.69) is 25.7 Å². The predicted octanol–water partition coefficient (Wildman–Crippen LogP) is 5.93. The minimum atomic E-state index is 0.734. The maximum atomic E-state index is 6.00. The molecule has 0 N–H and O–H groups in total. The van der Waals surface area contributed by atoms with Crippen LogP contribution in [0.15, 0.2) is 50.7 Å². The van der Waals surface area contributed by atoms with Gasteiger partial charge in [0, 0.05) is 27.0 Å². The molecule has 0 unspecified atom stereocenters. The molecule has 4 rings (SSSR count). The number of hydrogen-bond acceptors (Lipinski definition) is 6. The topological polar surface area (TPSA) is 38.7 Å². The Bertz CT molecular complexity index is 976. The highest BCUT2D eigenvalue weighted by Crippen LogP contribution is 2.40. The summed E-state index contributed by atoms with van der Waals surface area (Å²) in [5, 5.41) is 6.93. The molecule has 3 heterocycles. The van der Waals surface area contributed by atoms with E-state index in [1.165, 1.54) is 0 Å². The van der Waals surface area contributed by atoms with Gasteiger partial charge in [-0.25, -0.2) is 15.0 Å². The van der Waals surface area contributed by atoms with E-state index in [0.717, 1.165) is 41.4 Å². The van der Waals surface area contributed by atoms with Crippen LogP contribution in [0.3, 0.4) is 0 Å². The number of fused-ring (bicyclic) bond motifs is 1. The molecular formula is C16H10ClN3S3. The molecule has 0 saturated carbocycles. The molecule has 7 heteroatoms. The first-order chi connectivity index (χ1) is 11.2. The first kappa shape index (κ1) is 15.1. The van der Waals surface area contributed by atoms with Gasteiger partial charge in [0.05, 0.1) is 5.39 Å². The Labute approximate surface area is 150 Å². The van der Waals surface area contributed by atoms with Crippen molar-refractivity contribution in [1.29, 1.82) is 0 Å². The minimum absolute atomic E-state index is 0.734. The second kappa shape index (κ2) is 6.20. The largest absolute Gasteiger partial charge is 0.235 e. The van der Waals surface area contributed by atoms with Gasteiger partial charge in [-0.1, -0.05) is 23.7 Å². The number of benzene rings is 1. The van der Waals surface area contributed by atoms with Crippen LogP contribution in [0.4, 0.5) is 0 Å². The minimum Gasteiger partial charge on any atom is -0.235 e. The number of thiazole rings is 1. The van der Waals surface area contributed by atoms with Crippen LogP contribution in [0.1, 0.15) is 5.69 Å². The van der Waals surface area contributed by atoms with E-state index in [4.69, 9.17) is 11.6 Å². The molecule has 0 spiro atoms. The molecule has 0 amide bonds. The zero-order valence-corrected chi connectivity index (χ0v) is 15.2. The van der Waals surface area contributed by atoms with E-state index in [0.29, 0.717) is 0 Å². The summed E-state index contributed by atoms with van der Waals surface area (Å²) in [6.07, 6.45) is 1.62. The Balaban J connectivity index is 1.84. The van der Waals surface area contributed by atoms with Gasteiger partial charge in [0.1, 0.15) is 16.2 Å². The lowest BCUT2D eigenvalue weighted by molar-refractivity contribution is 1.10. The van der Waals surface area contributed by atoms with E-state index in [-0.39, 0.29) is 0 Å². The summed E-state index contributed by atoms with van der Waals surface area (Å²) in [6, 6.07) is 7.86. The fourth-order valence-electron chi connectivity index (χ4n) is 2.23. The highest BCUT2D eigenvalue weighted by Gasteiger charge is 2.15. The molecule has 0 fully saturated rings. The summed E-state index contributed by atoms with van der Waals surface area (Å²) < 4.78 is 0.996. The van der Waals surface area contributed by atoms with Crippen molar-refractivity contribution < 1.29 is 0 Å². The van der Waals surface area contributed by atoms with Gasteiger partial charge in [-0.05, 0) is 36.4 Å².